The Morgan fingerprint density at radius 2 is 1.85 bits per heavy atom. The van der Waals surface area contributed by atoms with Crippen LogP contribution < -0.4 is 0 Å². The van der Waals surface area contributed by atoms with Gasteiger partial charge in [-0.25, -0.2) is 0 Å². The minimum absolute atomic E-state index is 0.0900. The van der Waals surface area contributed by atoms with Crippen LogP contribution in [0.15, 0.2) is 30.3 Å². The number of aliphatic hydroxyl groups excluding tert-OH is 1. The van der Waals surface area contributed by atoms with Gasteiger partial charge in [-0.15, -0.1) is 0 Å². The summed E-state index contributed by atoms with van der Waals surface area (Å²) in [6.45, 7) is 5.52. The van der Waals surface area contributed by atoms with Gasteiger partial charge in [0.15, 0.2) is 0 Å². The number of benzene rings is 1. The maximum absolute atomic E-state index is 10.1. The lowest BCUT2D eigenvalue weighted by molar-refractivity contribution is -0.0252. The lowest BCUT2D eigenvalue weighted by Crippen LogP contribution is -2.38. The summed E-state index contributed by atoms with van der Waals surface area (Å²) in [6, 6.07) is 10.3. The van der Waals surface area contributed by atoms with Crippen LogP contribution in [0.2, 0.25) is 0 Å². The number of hydrogen-bond donors (Lipinski definition) is 1. The van der Waals surface area contributed by atoms with Crippen LogP contribution in [0, 0.1) is 0 Å². The van der Waals surface area contributed by atoms with E-state index in [2.05, 4.69) is 24.0 Å². The third-order valence-corrected chi connectivity index (χ3v) is 3.95. The SMILES string of the molecule is CC[C@@H](OC[C@H](O)CN1CCCCC1)c1ccccc1. The zero-order chi connectivity index (χ0) is 14.2. The van der Waals surface area contributed by atoms with E-state index in [4.69, 9.17) is 4.74 Å². The highest BCUT2D eigenvalue weighted by atomic mass is 16.5. The monoisotopic (exact) mass is 277 g/mol. The third-order valence-electron chi connectivity index (χ3n) is 3.95. The number of likely N-dealkylation sites (tertiary alicyclic amines) is 1. The van der Waals surface area contributed by atoms with Crippen molar-refractivity contribution in [1.29, 1.82) is 0 Å². The predicted molar refractivity (Wildman–Crippen MR) is 81.7 cm³/mol. The molecule has 1 N–H and O–H groups in total. The molecule has 1 fully saturated rings. The zero-order valence-corrected chi connectivity index (χ0v) is 12.5. The highest BCUT2D eigenvalue weighted by Crippen LogP contribution is 2.20. The highest BCUT2D eigenvalue weighted by molar-refractivity contribution is 5.17. The molecule has 3 heteroatoms. The van der Waals surface area contributed by atoms with Crippen molar-refractivity contribution >= 4 is 0 Å². The predicted octanol–water partition coefficient (Wildman–Crippen LogP) is 3.00. The Bertz CT molecular complexity index is 363. The van der Waals surface area contributed by atoms with Crippen molar-refractivity contribution in [3.63, 3.8) is 0 Å². The first kappa shape index (κ1) is 15.5. The van der Waals surface area contributed by atoms with Gasteiger partial charge in [-0.1, -0.05) is 43.7 Å². The van der Waals surface area contributed by atoms with Gasteiger partial charge in [-0.3, -0.25) is 0 Å². The Morgan fingerprint density at radius 3 is 2.50 bits per heavy atom. The molecule has 1 aliphatic heterocycles. The van der Waals surface area contributed by atoms with Crippen LogP contribution in [0.4, 0.5) is 0 Å². The quantitative estimate of drug-likeness (QED) is 0.831. The first-order chi connectivity index (χ1) is 9.79. The Morgan fingerprint density at radius 1 is 1.15 bits per heavy atom. The molecule has 112 valence electrons. The summed E-state index contributed by atoms with van der Waals surface area (Å²) >= 11 is 0. The minimum Gasteiger partial charge on any atom is -0.389 e. The number of ether oxygens (including phenoxy) is 1. The van der Waals surface area contributed by atoms with Gasteiger partial charge >= 0.3 is 0 Å². The summed E-state index contributed by atoms with van der Waals surface area (Å²) < 4.78 is 5.90. The molecule has 1 aromatic rings. The molecule has 0 amide bonds. The van der Waals surface area contributed by atoms with Crippen molar-refractivity contribution in [2.75, 3.05) is 26.2 Å². The minimum atomic E-state index is -0.383. The van der Waals surface area contributed by atoms with Gasteiger partial charge in [-0.05, 0) is 37.9 Å². The second-order valence-corrected chi connectivity index (χ2v) is 5.66. The smallest absolute Gasteiger partial charge is 0.0900 e. The average Bonchev–Trinajstić information content (AvgIpc) is 2.50. The van der Waals surface area contributed by atoms with Crippen molar-refractivity contribution in [3.05, 3.63) is 35.9 Å². The van der Waals surface area contributed by atoms with E-state index >= 15 is 0 Å². The second-order valence-electron chi connectivity index (χ2n) is 5.66. The molecule has 1 aromatic carbocycles. The van der Waals surface area contributed by atoms with Gasteiger partial charge in [-0.2, -0.15) is 0 Å². The molecular formula is C17H27NO2. The molecule has 1 saturated heterocycles. The van der Waals surface area contributed by atoms with E-state index in [1.807, 2.05) is 18.2 Å². The van der Waals surface area contributed by atoms with Crippen LogP contribution in [-0.4, -0.2) is 42.4 Å². The molecule has 0 bridgehead atoms. The molecule has 2 atom stereocenters. The summed E-state index contributed by atoms with van der Waals surface area (Å²) in [5.41, 5.74) is 1.19. The van der Waals surface area contributed by atoms with Crippen LogP contribution in [0.25, 0.3) is 0 Å². The van der Waals surface area contributed by atoms with Gasteiger partial charge in [0.05, 0.1) is 18.8 Å². The fraction of sp³-hybridized carbons (Fsp3) is 0.647. The Kier molecular flexibility index (Phi) is 6.51. The number of aliphatic hydroxyl groups is 1. The molecule has 0 spiro atoms. The summed E-state index contributed by atoms with van der Waals surface area (Å²) in [4.78, 5) is 2.35. The van der Waals surface area contributed by atoms with Gasteiger partial charge < -0.3 is 14.7 Å². The van der Waals surface area contributed by atoms with E-state index in [-0.39, 0.29) is 12.2 Å². The normalized spacial score (nSPS) is 19.7. The molecule has 0 unspecified atom stereocenters. The first-order valence-electron chi connectivity index (χ1n) is 7.86. The zero-order valence-electron chi connectivity index (χ0n) is 12.5. The van der Waals surface area contributed by atoms with E-state index < -0.39 is 0 Å². The van der Waals surface area contributed by atoms with Crippen LogP contribution in [0.5, 0.6) is 0 Å². The van der Waals surface area contributed by atoms with Crippen molar-refractivity contribution in [1.82, 2.24) is 4.90 Å². The molecule has 0 aromatic heterocycles. The lowest BCUT2D eigenvalue weighted by atomic mass is 10.1. The Labute approximate surface area is 122 Å². The second kappa shape index (κ2) is 8.40. The number of piperidine rings is 1. The topological polar surface area (TPSA) is 32.7 Å². The summed E-state index contributed by atoms with van der Waals surface area (Å²) in [5.74, 6) is 0. The van der Waals surface area contributed by atoms with E-state index in [1.165, 1.54) is 24.8 Å². The highest BCUT2D eigenvalue weighted by Gasteiger charge is 2.16. The Balaban J connectivity index is 1.75. The van der Waals surface area contributed by atoms with Gasteiger partial charge in [0.2, 0.25) is 0 Å². The number of rotatable bonds is 7. The van der Waals surface area contributed by atoms with Crippen molar-refractivity contribution in [2.24, 2.45) is 0 Å². The summed E-state index contributed by atoms with van der Waals surface area (Å²) in [7, 11) is 0. The molecular weight excluding hydrogens is 250 g/mol. The molecule has 1 heterocycles. The molecule has 20 heavy (non-hydrogen) atoms. The number of nitrogens with zero attached hydrogens (tertiary/aromatic N) is 1. The maximum Gasteiger partial charge on any atom is 0.0900 e. The van der Waals surface area contributed by atoms with Crippen molar-refractivity contribution < 1.29 is 9.84 Å². The third kappa shape index (κ3) is 4.89. The first-order valence-corrected chi connectivity index (χ1v) is 7.86. The maximum atomic E-state index is 10.1. The van der Waals surface area contributed by atoms with Crippen LogP contribution in [-0.2, 0) is 4.74 Å². The van der Waals surface area contributed by atoms with E-state index in [1.54, 1.807) is 0 Å². The molecule has 0 radical (unpaired) electrons. The fourth-order valence-corrected chi connectivity index (χ4v) is 2.84. The van der Waals surface area contributed by atoms with Gasteiger partial charge in [0.1, 0.15) is 0 Å². The summed E-state index contributed by atoms with van der Waals surface area (Å²) in [5, 5.41) is 10.1. The average molecular weight is 277 g/mol. The van der Waals surface area contributed by atoms with Crippen LogP contribution in [0.3, 0.4) is 0 Å². The number of hydrogen-bond acceptors (Lipinski definition) is 3. The standard InChI is InChI=1S/C17H27NO2/c1-2-17(15-9-5-3-6-10-15)20-14-16(19)13-18-11-7-4-8-12-18/h3,5-6,9-10,16-17,19H,2,4,7-8,11-14H2,1H3/t16-,17-/m1/s1. The molecule has 3 nitrogen and oxygen atoms in total. The van der Waals surface area contributed by atoms with Gasteiger partial charge in [0, 0.05) is 6.54 Å². The lowest BCUT2D eigenvalue weighted by Gasteiger charge is -2.29. The van der Waals surface area contributed by atoms with Crippen LogP contribution in [0.1, 0.15) is 44.3 Å². The Hall–Kier alpha value is -0.900. The van der Waals surface area contributed by atoms with Crippen molar-refractivity contribution in [2.45, 2.75) is 44.8 Å². The van der Waals surface area contributed by atoms with E-state index in [0.717, 1.165) is 26.1 Å². The van der Waals surface area contributed by atoms with E-state index in [0.29, 0.717) is 6.61 Å². The molecule has 0 aliphatic carbocycles. The van der Waals surface area contributed by atoms with Gasteiger partial charge in [0.25, 0.3) is 0 Å². The van der Waals surface area contributed by atoms with Crippen LogP contribution >= 0.6 is 0 Å². The fourth-order valence-electron chi connectivity index (χ4n) is 2.84. The largest absolute Gasteiger partial charge is 0.389 e. The molecule has 2 rings (SSSR count). The van der Waals surface area contributed by atoms with Crippen molar-refractivity contribution in [3.8, 4) is 0 Å². The van der Waals surface area contributed by atoms with E-state index in [9.17, 15) is 5.11 Å². The molecule has 0 saturated carbocycles. The summed E-state index contributed by atoms with van der Waals surface area (Å²) in [6.07, 6.45) is 4.48. The number of β-amino-alcohol motifs (C(OH)–C–C–N with tert-alkyl or cyclic N) is 1. The molecule has 1 aliphatic rings.